The van der Waals surface area contributed by atoms with Crippen molar-refractivity contribution in [3.8, 4) is 0 Å². The van der Waals surface area contributed by atoms with Crippen molar-refractivity contribution in [2.24, 2.45) is 5.92 Å². The van der Waals surface area contributed by atoms with Gasteiger partial charge in [-0.25, -0.2) is 0 Å². The number of aromatic nitrogens is 2. The molecule has 0 atom stereocenters. The van der Waals surface area contributed by atoms with Crippen LogP contribution in [0.1, 0.15) is 24.1 Å². The maximum atomic E-state index is 3.98. The normalized spacial score (nSPS) is 17.7. The molecule has 0 amide bonds. The highest BCUT2D eigenvalue weighted by Crippen LogP contribution is 2.32. The van der Waals surface area contributed by atoms with Crippen molar-refractivity contribution >= 4 is 0 Å². The smallest absolute Gasteiger partial charge is 0.0519 e. The summed E-state index contributed by atoms with van der Waals surface area (Å²) in [4.78, 5) is 0. The quantitative estimate of drug-likeness (QED) is 0.658. The van der Waals surface area contributed by atoms with E-state index in [2.05, 4.69) is 17.1 Å². The van der Waals surface area contributed by atoms with Gasteiger partial charge in [-0.2, -0.15) is 5.10 Å². The van der Waals surface area contributed by atoms with Crippen LogP contribution in [-0.4, -0.2) is 10.2 Å². The van der Waals surface area contributed by atoms with E-state index in [1.807, 2.05) is 6.20 Å². The van der Waals surface area contributed by atoms with Gasteiger partial charge in [0.2, 0.25) is 0 Å². The van der Waals surface area contributed by atoms with Gasteiger partial charge in [-0.15, -0.1) is 0 Å². The van der Waals surface area contributed by atoms with Gasteiger partial charge >= 0.3 is 0 Å². The van der Waals surface area contributed by atoms with Gasteiger partial charge in [-0.3, -0.25) is 5.10 Å². The molecule has 2 nitrogen and oxygen atoms in total. The van der Waals surface area contributed by atoms with Crippen molar-refractivity contribution in [2.45, 2.75) is 26.2 Å². The second-order valence-corrected chi connectivity index (χ2v) is 3.18. The highest BCUT2D eigenvalue weighted by molar-refractivity contribution is 5.15. The lowest BCUT2D eigenvalue weighted by atomic mass is 10.1. The topological polar surface area (TPSA) is 28.7 Å². The monoisotopic (exact) mass is 136 g/mol. The summed E-state index contributed by atoms with van der Waals surface area (Å²) in [5.41, 5.74) is 2.65. The molecule has 0 aromatic carbocycles. The molecule has 1 aliphatic carbocycles. The zero-order valence-corrected chi connectivity index (χ0v) is 6.22. The molecule has 0 spiro atoms. The zero-order chi connectivity index (χ0) is 6.97. The molecule has 1 fully saturated rings. The number of H-pyrrole nitrogens is 1. The van der Waals surface area contributed by atoms with Gasteiger partial charge in [0.05, 0.1) is 6.20 Å². The third kappa shape index (κ3) is 1.06. The molecule has 0 aliphatic heterocycles. The maximum Gasteiger partial charge on any atom is 0.0519 e. The molecule has 1 aliphatic rings. The molecule has 0 saturated heterocycles. The first-order valence-corrected chi connectivity index (χ1v) is 3.85. The fraction of sp³-hybridized carbons (Fsp3) is 0.625. The van der Waals surface area contributed by atoms with Crippen LogP contribution in [0.3, 0.4) is 0 Å². The number of rotatable bonds is 2. The van der Waals surface area contributed by atoms with E-state index in [1.54, 1.807) is 0 Å². The maximum absolute atomic E-state index is 3.98. The summed E-state index contributed by atoms with van der Waals surface area (Å²) in [6.07, 6.45) is 5.94. The number of aromatic amines is 1. The molecule has 0 radical (unpaired) electrons. The Morgan fingerprint density at radius 3 is 3.00 bits per heavy atom. The van der Waals surface area contributed by atoms with Gasteiger partial charge in [-0.1, -0.05) is 0 Å². The second-order valence-electron chi connectivity index (χ2n) is 3.18. The SMILES string of the molecule is Cc1cn[nH]c1CC1CC1. The average Bonchev–Trinajstić information content (AvgIpc) is 2.62. The Kier molecular flexibility index (Phi) is 1.26. The zero-order valence-electron chi connectivity index (χ0n) is 6.22. The van der Waals surface area contributed by atoms with E-state index in [1.165, 1.54) is 30.5 Å². The molecule has 10 heavy (non-hydrogen) atoms. The number of nitrogens with zero attached hydrogens (tertiary/aromatic N) is 1. The molecule has 1 aromatic rings. The van der Waals surface area contributed by atoms with Crippen LogP contribution in [0.2, 0.25) is 0 Å². The Bertz CT molecular complexity index is 223. The Labute approximate surface area is 60.6 Å². The molecule has 1 heterocycles. The van der Waals surface area contributed by atoms with Crippen LogP contribution in [0.25, 0.3) is 0 Å². The minimum atomic E-state index is 0.958. The van der Waals surface area contributed by atoms with Crippen molar-refractivity contribution in [1.29, 1.82) is 0 Å². The van der Waals surface area contributed by atoms with Gasteiger partial charge in [0.25, 0.3) is 0 Å². The molecule has 54 valence electrons. The predicted molar refractivity (Wildman–Crippen MR) is 39.8 cm³/mol. The predicted octanol–water partition coefficient (Wildman–Crippen LogP) is 1.67. The molecule has 1 saturated carbocycles. The largest absolute Gasteiger partial charge is 0.282 e. The third-order valence-electron chi connectivity index (χ3n) is 2.12. The van der Waals surface area contributed by atoms with Crippen molar-refractivity contribution in [2.75, 3.05) is 0 Å². The first-order chi connectivity index (χ1) is 4.86. The van der Waals surface area contributed by atoms with E-state index in [0.717, 1.165) is 5.92 Å². The third-order valence-corrected chi connectivity index (χ3v) is 2.12. The minimum absolute atomic E-state index is 0.958. The van der Waals surface area contributed by atoms with Crippen molar-refractivity contribution in [3.63, 3.8) is 0 Å². The molecule has 1 N–H and O–H groups in total. The summed E-state index contributed by atoms with van der Waals surface area (Å²) in [7, 11) is 0. The highest BCUT2D eigenvalue weighted by Gasteiger charge is 2.22. The summed E-state index contributed by atoms with van der Waals surface area (Å²) >= 11 is 0. The van der Waals surface area contributed by atoms with Crippen LogP contribution in [0.4, 0.5) is 0 Å². The molecule has 2 rings (SSSR count). The van der Waals surface area contributed by atoms with Gasteiger partial charge in [0.15, 0.2) is 0 Å². The van der Waals surface area contributed by atoms with Crippen LogP contribution in [-0.2, 0) is 6.42 Å². The first-order valence-electron chi connectivity index (χ1n) is 3.85. The number of nitrogens with one attached hydrogen (secondary N) is 1. The van der Waals surface area contributed by atoms with Crippen molar-refractivity contribution in [3.05, 3.63) is 17.5 Å². The second kappa shape index (κ2) is 2.11. The molecule has 2 heteroatoms. The number of hydrogen-bond acceptors (Lipinski definition) is 1. The minimum Gasteiger partial charge on any atom is -0.282 e. The fourth-order valence-corrected chi connectivity index (χ4v) is 1.19. The number of aryl methyl sites for hydroxylation is 1. The van der Waals surface area contributed by atoms with Crippen molar-refractivity contribution < 1.29 is 0 Å². The van der Waals surface area contributed by atoms with E-state index in [0.29, 0.717) is 0 Å². The van der Waals surface area contributed by atoms with Gasteiger partial charge in [-0.05, 0) is 37.7 Å². The molecule has 1 aromatic heterocycles. The van der Waals surface area contributed by atoms with Gasteiger partial charge in [0, 0.05) is 5.69 Å². The Hall–Kier alpha value is -0.790. The summed E-state index contributed by atoms with van der Waals surface area (Å²) < 4.78 is 0. The standard InChI is InChI=1S/C8H12N2/c1-6-5-9-10-8(6)4-7-2-3-7/h5,7H,2-4H2,1H3,(H,9,10). The molecule has 0 unspecified atom stereocenters. The highest BCUT2D eigenvalue weighted by atomic mass is 15.1. The van der Waals surface area contributed by atoms with Crippen LogP contribution < -0.4 is 0 Å². The van der Waals surface area contributed by atoms with E-state index in [-0.39, 0.29) is 0 Å². The molecular formula is C8H12N2. The van der Waals surface area contributed by atoms with Crippen LogP contribution >= 0.6 is 0 Å². The summed E-state index contributed by atoms with van der Waals surface area (Å²) in [5.74, 6) is 0.958. The van der Waals surface area contributed by atoms with Gasteiger partial charge in [0.1, 0.15) is 0 Å². The van der Waals surface area contributed by atoms with Crippen LogP contribution in [0, 0.1) is 12.8 Å². The summed E-state index contributed by atoms with van der Waals surface area (Å²) in [5, 5.41) is 7.00. The Morgan fingerprint density at radius 1 is 1.70 bits per heavy atom. The van der Waals surface area contributed by atoms with Crippen molar-refractivity contribution in [1.82, 2.24) is 10.2 Å². The van der Waals surface area contributed by atoms with Crippen LogP contribution in [0.5, 0.6) is 0 Å². The molecular weight excluding hydrogens is 124 g/mol. The lowest BCUT2D eigenvalue weighted by molar-refractivity contribution is 0.792. The summed E-state index contributed by atoms with van der Waals surface area (Å²) in [6.45, 7) is 2.11. The van der Waals surface area contributed by atoms with Gasteiger partial charge < -0.3 is 0 Å². The van der Waals surface area contributed by atoms with E-state index in [9.17, 15) is 0 Å². The Balaban J connectivity index is 2.08. The number of hydrogen-bond donors (Lipinski definition) is 1. The van der Waals surface area contributed by atoms with E-state index < -0.39 is 0 Å². The summed E-state index contributed by atoms with van der Waals surface area (Å²) in [6, 6.07) is 0. The van der Waals surface area contributed by atoms with E-state index >= 15 is 0 Å². The Morgan fingerprint density at radius 2 is 2.50 bits per heavy atom. The van der Waals surface area contributed by atoms with E-state index in [4.69, 9.17) is 0 Å². The fourth-order valence-electron chi connectivity index (χ4n) is 1.19. The molecule has 0 bridgehead atoms. The van der Waals surface area contributed by atoms with Crippen LogP contribution in [0.15, 0.2) is 6.20 Å². The lowest BCUT2D eigenvalue weighted by Gasteiger charge is -1.93. The average molecular weight is 136 g/mol. The lowest BCUT2D eigenvalue weighted by Crippen LogP contribution is -1.89. The first kappa shape index (κ1) is 5.96.